The lowest BCUT2D eigenvalue weighted by Crippen LogP contribution is -2.31. The van der Waals surface area contributed by atoms with Crippen LogP contribution in [0.25, 0.3) is 22.0 Å². The number of aryl methyl sites for hydroxylation is 2. The van der Waals surface area contributed by atoms with Crippen LogP contribution >= 0.6 is 11.6 Å². The van der Waals surface area contributed by atoms with Gasteiger partial charge in [-0.05, 0) is 70.8 Å². The highest BCUT2D eigenvalue weighted by Crippen LogP contribution is 2.39. The molecule has 0 radical (unpaired) electrons. The minimum Gasteiger partial charge on any atom is -0.374 e. The van der Waals surface area contributed by atoms with Crippen molar-refractivity contribution in [3.63, 3.8) is 0 Å². The van der Waals surface area contributed by atoms with Crippen molar-refractivity contribution in [1.82, 2.24) is 14.1 Å². The highest BCUT2D eigenvalue weighted by Gasteiger charge is 2.37. The molecule has 0 aliphatic rings. The predicted octanol–water partition coefficient (Wildman–Crippen LogP) is 6.28. The van der Waals surface area contributed by atoms with E-state index in [1.807, 2.05) is 92.0 Å². The maximum absolute atomic E-state index is 13.1. The van der Waals surface area contributed by atoms with Crippen molar-refractivity contribution in [2.75, 3.05) is 0 Å². The van der Waals surface area contributed by atoms with Gasteiger partial charge in [0.15, 0.2) is 5.60 Å². The van der Waals surface area contributed by atoms with Gasteiger partial charge in [0.05, 0.1) is 23.7 Å². The standard InChI is InChI=1S/C35H26ClN3O2/c1-38-23-37-22-33(38)35(41,27-13-16-29(36)17-14-27)28-15-18-32-31(20-28)30(21-34(40)39(32)2)26-10-6-9-25(19-26)12-11-24-7-4-3-5-8-24/h3-10,13-23,41H,1-2H3. The number of halogens is 1. The van der Waals surface area contributed by atoms with E-state index in [0.717, 1.165) is 33.2 Å². The molecule has 0 aliphatic heterocycles. The van der Waals surface area contributed by atoms with Gasteiger partial charge in [-0.3, -0.25) is 4.79 Å². The summed E-state index contributed by atoms with van der Waals surface area (Å²) in [7, 11) is 3.60. The molecule has 0 fully saturated rings. The highest BCUT2D eigenvalue weighted by molar-refractivity contribution is 6.30. The van der Waals surface area contributed by atoms with E-state index in [9.17, 15) is 9.90 Å². The Balaban J connectivity index is 1.56. The van der Waals surface area contributed by atoms with Crippen LogP contribution in [-0.2, 0) is 19.7 Å². The van der Waals surface area contributed by atoms with E-state index in [4.69, 9.17) is 11.6 Å². The monoisotopic (exact) mass is 555 g/mol. The number of pyridine rings is 1. The molecule has 1 atom stereocenters. The van der Waals surface area contributed by atoms with E-state index in [1.54, 1.807) is 46.9 Å². The van der Waals surface area contributed by atoms with Crippen LogP contribution in [0, 0.1) is 11.8 Å². The zero-order valence-corrected chi connectivity index (χ0v) is 23.3. The Labute approximate surface area is 242 Å². The van der Waals surface area contributed by atoms with Gasteiger partial charge in [-0.15, -0.1) is 0 Å². The molecule has 200 valence electrons. The van der Waals surface area contributed by atoms with Crippen LogP contribution in [0.15, 0.2) is 120 Å². The Kier molecular flexibility index (Phi) is 6.80. The fraction of sp³-hybridized carbons (Fsp3) is 0.0857. The van der Waals surface area contributed by atoms with Crippen molar-refractivity contribution in [2.24, 2.45) is 14.1 Å². The van der Waals surface area contributed by atoms with Gasteiger partial charge in [-0.2, -0.15) is 0 Å². The average molecular weight is 556 g/mol. The van der Waals surface area contributed by atoms with E-state index in [2.05, 4.69) is 16.8 Å². The normalized spacial score (nSPS) is 12.5. The average Bonchev–Trinajstić information content (AvgIpc) is 3.44. The zero-order valence-electron chi connectivity index (χ0n) is 22.5. The molecule has 0 bridgehead atoms. The third-order valence-corrected chi connectivity index (χ3v) is 7.66. The van der Waals surface area contributed by atoms with Crippen molar-refractivity contribution < 1.29 is 5.11 Å². The van der Waals surface area contributed by atoms with Crippen molar-refractivity contribution in [2.45, 2.75) is 5.60 Å². The largest absolute Gasteiger partial charge is 0.374 e. The molecule has 0 saturated heterocycles. The number of fused-ring (bicyclic) bond motifs is 1. The van der Waals surface area contributed by atoms with Gasteiger partial charge >= 0.3 is 0 Å². The third-order valence-electron chi connectivity index (χ3n) is 7.41. The SMILES string of the molecule is Cn1cncc1C(O)(c1ccc(Cl)cc1)c1ccc2c(c1)c(-c1cccc(C#Cc3ccccc3)c1)cc(=O)n2C. The molecule has 1 N–H and O–H groups in total. The van der Waals surface area contributed by atoms with Crippen LogP contribution < -0.4 is 5.56 Å². The zero-order chi connectivity index (χ0) is 28.6. The van der Waals surface area contributed by atoms with E-state index in [0.29, 0.717) is 21.8 Å². The van der Waals surface area contributed by atoms with E-state index in [-0.39, 0.29) is 5.56 Å². The predicted molar refractivity (Wildman–Crippen MR) is 164 cm³/mol. The fourth-order valence-corrected chi connectivity index (χ4v) is 5.34. The first kappa shape index (κ1) is 26.3. The van der Waals surface area contributed by atoms with Crippen LogP contribution in [0.1, 0.15) is 27.9 Å². The van der Waals surface area contributed by atoms with Crippen LogP contribution in [0.4, 0.5) is 0 Å². The van der Waals surface area contributed by atoms with Crippen LogP contribution in [-0.4, -0.2) is 19.2 Å². The lowest BCUT2D eigenvalue weighted by atomic mass is 9.82. The first-order valence-electron chi connectivity index (χ1n) is 13.1. The summed E-state index contributed by atoms with van der Waals surface area (Å²) in [5, 5.41) is 13.9. The molecular formula is C35H26ClN3O2. The second-order valence-electron chi connectivity index (χ2n) is 9.99. The van der Waals surface area contributed by atoms with Gasteiger partial charge in [0, 0.05) is 41.7 Å². The Morgan fingerprint density at radius 3 is 2.24 bits per heavy atom. The van der Waals surface area contributed by atoms with Gasteiger partial charge in [0.25, 0.3) is 5.56 Å². The highest BCUT2D eigenvalue weighted by atomic mass is 35.5. The summed E-state index contributed by atoms with van der Waals surface area (Å²) in [6.45, 7) is 0. The van der Waals surface area contributed by atoms with Gasteiger partial charge < -0.3 is 14.2 Å². The third kappa shape index (κ3) is 4.85. The maximum Gasteiger partial charge on any atom is 0.251 e. The molecule has 0 saturated carbocycles. The topological polar surface area (TPSA) is 60.0 Å². The summed E-state index contributed by atoms with van der Waals surface area (Å²) >= 11 is 6.19. The quantitative estimate of drug-likeness (QED) is 0.261. The molecule has 4 aromatic carbocycles. The van der Waals surface area contributed by atoms with Crippen LogP contribution in [0.2, 0.25) is 5.02 Å². The molecule has 6 heteroatoms. The van der Waals surface area contributed by atoms with E-state index in [1.165, 1.54) is 0 Å². The first-order chi connectivity index (χ1) is 19.8. The molecule has 2 heterocycles. The van der Waals surface area contributed by atoms with E-state index < -0.39 is 5.60 Å². The molecule has 6 aromatic rings. The molecule has 6 rings (SSSR count). The van der Waals surface area contributed by atoms with Gasteiger partial charge in [-0.25, -0.2) is 4.98 Å². The Morgan fingerprint density at radius 2 is 1.51 bits per heavy atom. The second kappa shape index (κ2) is 10.6. The number of hydrogen-bond donors (Lipinski definition) is 1. The number of aromatic nitrogens is 3. The van der Waals surface area contributed by atoms with Crippen molar-refractivity contribution >= 4 is 22.5 Å². The number of aliphatic hydroxyl groups is 1. The number of rotatable bonds is 4. The molecule has 5 nitrogen and oxygen atoms in total. The Morgan fingerprint density at radius 1 is 0.805 bits per heavy atom. The molecule has 1 unspecified atom stereocenters. The summed E-state index contributed by atoms with van der Waals surface area (Å²) in [5.41, 5.74) is 4.37. The fourth-order valence-electron chi connectivity index (χ4n) is 5.21. The van der Waals surface area contributed by atoms with Crippen LogP contribution in [0.3, 0.4) is 0 Å². The van der Waals surface area contributed by atoms with E-state index >= 15 is 0 Å². The number of imidazole rings is 1. The molecule has 0 amide bonds. The number of benzene rings is 4. The summed E-state index contributed by atoms with van der Waals surface area (Å²) in [5.74, 6) is 6.44. The van der Waals surface area contributed by atoms with Crippen LogP contribution in [0.5, 0.6) is 0 Å². The summed E-state index contributed by atoms with van der Waals surface area (Å²) in [4.78, 5) is 17.3. The Bertz CT molecular complexity index is 2020. The first-order valence-corrected chi connectivity index (χ1v) is 13.5. The number of hydrogen-bond acceptors (Lipinski definition) is 3. The van der Waals surface area contributed by atoms with Crippen molar-refractivity contribution in [3.8, 4) is 23.0 Å². The smallest absolute Gasteiger partial charge is 0.251 e. The number of nitrogens with zero attached hydrogens (tertiary/aromatic N) is 3. The Hall–Kier alpha value is -4.89. The molecule has 0 aliphatic carbocycles. The maximum atomic E-state index is 13.1. The minimum absolute atomic E-state index is 0.124. The lowest BCUT2D eigenvalue weighted by molar-refractivity contribution is 0.117. The molecule has 0 spiro atoms. The van der Waals surface area contributed by atoms with Gasteiger partial charge in [0.2, 0.25) is 0 Å². The molecule has 2 aromatic heterocycles. The summed E-state index contributed by atoms with van der Waals surface area (Å²) in [6.07, 6.45) is 3.32. The minimum atomic E-state index is -1.53. The molecular weight excluding hydrogens is 530 g/mol. The second-order valence-corrected chi connectivity index (χ2v) is 10.4. The van der Waals surface area contributed by atoms with Gasteiger partial charge in [0.1, 0.15) is 0 Å². The summed E-state index contributed by atoms with van der Waals surface area (Å²) in [6, 6.07) is 32.2. The van der Waals surface area contributed by atoms with Crippen molar-refractivity contribution in [3.05, 3.63) is 159 Å². The lowest BCUT2D eigenvalue weighted by Gasteiger charge is -2.30. The van der Waals surface area contributed by atoms with Crippen molar-refractivity contribution in [1.29, 1.82) is 0 Å². The summed E-state index contributed by atoms with van der Waals surface area (Å²) < 4.78 is 3.42. The van der Waals surface area contributed by atoms with Gasteiger partial charge in [-0.1, -0.05) is 72.0 Å². The molecule has 41 heavy (non-hydrogen) atoms.